The van der Waals surface area contributed by atoms with Gasteiger partial charge in [0, 0.05) is 0 Å². The molecule has 0 aliphatic carbocycles. The lowest BCUT2D eigenvalue weighted by Gasteiger charge is -2.10. The van der Waals surface area contributed by atoms with E-state index in [-0.39, 0.29) is 5.97 Å². The minimum absolute atomic E-state index is 0.250. The molecule has 1 aliphatic rings. The molecule has 2 nitrogen and oxygen atoms in total. The normalized spacial score (nSPS) is 24.8. The molecule has 0 radical (unpaired) electrons. The average molecular weight is 122 g/mol. The molecule has 9 heavy (non-hydrogen) atoms. The van der Waals surface area contributed by atoms with Crippen molar-refractivity contribution in [3.63, 3.8) is 0 Å². The van der Waals surface area contributed by atoms with Crippen LogP contribution in [0.1, 0.15) is 6.42 Å². The van der Waals surface area contributed by atoms with Gasteiger partial charge in [0.05, 0.1) is 6.42 Å². The second-order valence-corrected chi connectivity index (χ2v) is 1.71. The number of terminal acetylenes is 1. The highest BCUT2D eigenvalue weighted by atomic mass is 16.5. The molecule has 0 aromatic heterocycles. The van der Waals surface area contributed by atoms with Crippen molar-refractivity contribution in [1.29, 1.82) is 0 Å². The summed E-state index contributed by atoms with van der Waals surface area (Å²) < 4.78 is 4.67. The molecule has 0 fully saturated rings. The molecule has 46 valence electrons. The zero-order valence-electron chi connectivity index (χ0n) is 4.83. The van der Waals surface area contributed by atoms with E-state index in [4.69, 9.17) is 6.42 Å². The summed E-state index contributed by atoms with van der Waals surface area (Å²) in [5.41, 5.74) is 0. The quantitative estimate of drug-likeness (QED) is 0.265. The smallest absolute Gasteiger partial charge is 0.311 e. The summed E-state index contributed by atoms with van der Waals surface area (Å²) in [6.07, 6.45) is 8.31. The van der Waals surface area contributed by atoms with Gasteiger partial charge in [-0.25, -0.2) is 0 Å². The Morgan fingerprint density at radius 2 is 2.67 bits per heavy atom. The van der Waals surface area contributed by atoms with Gasteiger partial charge in [-0.3, -0.25) is 4.79 Å². The molecular formula is C7H6O2. The van der Waals surface area contributed by atoms with E-state index in [9.17, 15) is 4.79 Å². The van der Waals surface area contributed by atoms with Crippen LogP contribution in [0.2, 0.25) is 0 Å². The predicted octanol–water partition coefficient (Wildman–Crippen LogP) is 0.491. The Morgan fingerprint density at radius 3 is 3.11 bits per heavy atom. The van der Waals surface area contributed by atoms with Gasteiger partial charge < -0.3 is 4.74 Å². The van der Waals surface area contributed by atoms with E-state index in [2.05, 4.69) is 10.7 Å². The summed E-state index contributed by atoms with van der Waals surface area (Å²) in [5, 5.41) is 0. The Kier molecular flexibility index (Phi) is 1.55. The minimum Gasteiger partial charge on any atom is -0.445 e. The van der Waals surface area contributed by atoms with E-state index in [0.29, 0.717) is 6.42 Å². The monoisotopic (exact) mass is 122 g/mol. The van der Waals surface area contributed by atoms with Crippen LogP contribution >= 0.6 is 0 Å². The van der Waals surface area contributed by atoms with E-state index in [0.717, 1.165) is 0 Å². The highest BCUT2D eigenvalue weighted by Gasteiger charge is 2.10. The molecule has 1 atom stereocenters. The van der Waals surface area contributed by atoms with Crippen molar-refractivity contribution in [2.75, 3.05) is 0 Å². The molecule has 0 aromatic carbocycles. The largest absolute Gasteiger partial charge is 0.445 e. The number of ether oxygens (including phenoxy) is 1. The molecular weight excluding hydrogens is 116 g/mol. The minimum atomic E-state index is -0.439. The first kappa shape index (κ1) is 5.90. The first-order chi connectivity index (χ1) is 4.33. The van der Waals surface area contributed by atoms with Crippen LogP contribution in [0.25, 0.3) is 0 Å². The first-order valence-corrected chi connectivity index (χ1v) is 2.65. The van der Waals surface area contributed by atoms with Crippen LogP contribution in [0.4, 0.5) is 0 Å². The molecule has 0 bridgehead atoms. The van der Waals surface area contributed by atoms with Crippen LogP contribution in [-0.2, 0) is 9.53 Å². The molecule has 0 aromatic rings. The fraction of sp³-hybridized carbons (Fsp3) is 0.286. The molecule has 0 amide bonds. The van der Waals surface area contributed by atoms with E-state index >= 15 is 0 Å². The first-order valence-electron chi connectivity index (χ1n) is 2.65. The summed E-state index contributed by atoms with van der Waals surface area (Å²) in [6.45, 7) is 0. The molecule has 1 unspecified atom stereocenters. The summed E-state index contributed by atoms with van der Waals surface area (Å²) in [5.74, 6) is 2.05. The van der Waals surface area contributed by atoms with Crippen molar-refractivity contribution >= 4 is 5.97 Å². The van der Waals surface area contributed by atoms with Crippen LogP contribution < -0.4 is 0 Å². The maximum absolute atomic E-state index is 10.5. The summed E-state index contributed by atoms with van der Waals surface area (Å²) in [6, 6.07) is 0. The van der Waals surface area contributed by atoms with Gasteiger partial charge in [-0.15, -0.1) is 6.42 Å². The molecule has 1 heterocycles. The van der Waals surface area contributed by atoms with Crippen molar-refractivity contribution in [3.05, 3.63) is 12.2 Å². The maximum Gasteiger partial charge on any atom is 0.311 e. The Labute approximate surface area is 53.5 Å². The van der Waals surface area contributed by atoms with Crippen molar-refractivity contribution in [2.24, 2.45) is 0 Å². The van der Waals surface area contributed by atoms with Gasteiger partial charge >= 0.3 is 5.97 Å². The van der Waals surface area contributed by atoms with E-state index in [1.54, 1.807) is 12.2 Å². The average Bonchev–Trinajstić information content (AvgIpc) is 1.88. The topological polar surface area (TPSA) is 26.3 Å². The fourth-order valence-electron chi connectivity index (χ4n) is 0.606. The van der Waals surface area contributed by atoms with E-state index in [1.807, 2.05) is 0 Å². The maximum atomic E-state index is 10.5. The highest BCUT2D eigenvalue weighted by molar-refractivity contribution is 5.73. The number of hydrogen-bond acceptors (Lipinski definition) is 2. The van der Waals surface area contributed by atoms with Crippen LogP contribution in [-0.4, -0.2) is 12.1 Å². The van der Waals surface area contributed by atoms with Crippen molar-refractivity contribution in [2.45, 2.75) is 12.5 Å². The molecule has 2 heteroatoms. The second kappa shape index (κ2) is 2.36. The Morgan fingerprint density at radius 1 is 1.89 bits per heavy atom. The van der Waals surface area contributed by atoms with Gasteiger partial charge in [-0.2, -0.15) is 0 Å². The van der Waals surface area contributed by atoms with Crippen LogP contribution in [0, 0.1) is 12.3 Å². The van der Waals surface area contributed by atoms with Crippen molar-refractivity contribution in [1.82, 2.24) is 0 Å². The van der Waals surface area contributed by atoms with Crippen LogP contribution in [0.15, 0.2) is 12.2 Å². The van der Waals surface area contributed by atoms with E-state index in [1.165, 1.54) is 0 Å². The van der Waals surface area contributed by atoms with Crippen molar-refractivity contribution < 1.29 is 9.53 Å². The van der Waals surface area contributed by atoms with Crippen LogP contribution in [0.3, 0.4) is 0 Å². The van der Waals surface area contributed by atoms with Gasteiger partial charge in [0.25, 0.3) is 0 Å². The second-order valence-electron chi connectivity index (χ2n) is 1.71. The Hall–Kier alpha value is -1.23. The molecule has 0 saturated heterocycles. The molecule has 0 saturated carbocycles. The van der Waals surface area contributed by atoms with Gasteiger partial charge in [0.1, 0.15) is 0 Å². The third-order valence-corrected chi connectivity index (χ3v) is 1.02. The molecule has 0 N–H and O–H groups in total. The Balaban J connectivity index is 2.62. The van der Waals surface area contributed by atoms with Crippen molar-refractivity contribution in [3.8, 4) is 12.3 Å². The number of carbonyl (C=O) groups excluding carboxylic acids is 1. The lowest BCUT2D eigenvalue weighted by Crippen LogP contribution is -2.16. The van der Waals surface area contributed by atoms with Gasteiger partial charge in [-0.1, -0.05) is 12.0 Å². The number of carbonyl (C=O) groups is 1. The SMILES string of the molecule is C#CC1C=CCC(=O)O1. The third kappa shape index (κ3) is 1.33. The van der Waals surface area contributed by atoms with Crippen LogP contribution in [0.5, 0.6) is 0 Å². The molecule has 0 spiro atoms. The predicted molar refractivity (Wildman–Crippen MR) is 32.5 cm³/mol. The molecule has 1 rings (SSSR count). The number of rotatable bonds is 0. The number of esters is 1. The van der Waals surface area contributed by atoms with Gasteiger partial charge in [-0.05, 0) is 6.08 Å². The summed E-state index contributed by atoms with van der Waals surface area (Å²) in [4.78, 5) is 10.5. The summed E-state index contributed by atoms with van der Waals surface area (Å²) in [7, 11) is 0. The lowest BCUT2D eigenvalue weighted by molar-refractivity contribution is -0.144. The van der Waals surface area contributed by atoms with Gasteiger partial charge in [0.2, 0.25) is 0 Å². The lowest BCUT2D eigenvalue weighted by atomic mass is 10.2. The van der Waals surface area contributed by atoms with Gasteiger partial charge in [0.15, 0.2) is 6.10 Å². The Bertz CT molecular complexity index is 186. The number of cyclic esters (lactones) is 1. The highest BCUT2D eigenvalue weighted by Crippen LogP contribution is 2.03. The zero-order valence-corrected chi connectivity index (χ0v) is 4.83. The number of hydrogen-bond donors (Lipinski definition) is 0. The third-order valence-electron chi connectivity index (χ3n) is 1.02. The zero-order chi connectivity index (χ0) is 6.69. The molecule has 1 aliphatic heterocycles. The standard InChI is InChI=1S/C7H6O2/c1-2-6-4-3-5-7(8)9-6/h1,3-4,6H,5H2. The fourth-order valence-corrected chi connectivity index (χ4v) is 0.606. The summed E-state index contributed by atoms with van der Waals surface area (Å²) >= 11 is 0. The van der Waals surface area contributed by atoms with E-state index < -0.39 is 6.10 Å².